The van der Waals surface area contributed by atoms with Gasteiger partial charge in [0, 0.05) is 60.0 Å². The van der Waals surface area contributed by atoms with E-state index >= 15 is 4.39 Å². The van der Waals surface area contributed by atoms with Gasteiger partial charge in [0.1, 0.15) is 12.1 Å². The van der Waals surface area contributed by atoms with Crippen molar-refractivity contribution in [1.82, 2.24) is 15.1 Å². The van der Waals surface area contributed by atoms with Gasteiger partial charge in [-0.2, -0.15) is 0 Å². The maximum Gasteiger partial charge on any atom is 0.257 e. The number of amides is 3. The van der Waals surface area contributed by atoms with Crippen LogP contribution in [0.4, 0.5) is 10.1 Å². The van der Waals surface area contributed by atoms with Crippen molar-refractivity contribution in [3.63, 3.8) is 0 Å². The zero-order valence-electron chi connectivity index (χ0n) is 26.4. The maximum atomic E-state index is 15.5. The first-order valence-electron chi connectivity index (χ1n) is 16.3. The Bertz CT molecular complexity index is 1640. The van der Waals surface area contributed by atoms with E-state index in [1.54, 1.807) is 10.3 Å². The molecule has 3 fully saturated rings. The van der Waals surface area contributed by atoms with Crippen molar-refractivity contribution in [3.8, 4) is 0 Å². The summed E-state index contributed by atoms with van der Waals surface area (Å²) < 4.78 is 22.8. The zero-order valence-corrected chi connectivity index (χ0v) is 28.0. The van der Waals surface area contributed by atoms with Crippen molar-refractivity contribution in [1.29, 1.82) is 0 Å². The molecule has 1 saturated carbocycles. The summed E-state index contributed by atoms with van der Waals surface area (Å²) in [7, 11) is 0. The molecule has 0 radical (unpaired) electrons. The molecule has 2 aliphatic heterocycles. The minimum atomic E-state index is -0.624. The van der Waals surface area contributed by atoms with Gasteiger partial charge in [-0.15, -0.1) is 11.3 Å². The molecule has 250 valence electrons. The third kappa shape index (κ3) is 7.85. The van der Waals surface area contributed by atoms with E-state index in [2.05, 4.69) is 15.5 Å². The largest absolute Gasteiger partial charge is 0.376 e. The highest BCUT2D eigenvalue weighted by atomic mass is 35.5. The number of thiophene rings is 1. The first-order valence-corrected chi connectivity index (χ1v) is 17.6. The summed E-state index contributed by atoms with van der Waals surface area (Å²) in [5, 5.41) is 8.45. The zero-order chi connectivity index (χ0) is 33.1. The van der Waals surface area contributed by atoms with E-state index in [0.717, 1.165) is 55.0 Å². The van der Waals surface area contributed by atoms with Crippen molar-refractivity contribution in [3.05, 3.63) is 63.7 Å². The molecular weight excluding hydrogens is 643 g/mol. The van der Waals surface area contributed by atoms with Crippen LogP contribution in [0, 0.1) is 11.7 Å². The van der Waals surface area contributed by atoms with Crippen LogP contribution >= 0.6 is 22.9 Å². The summed E-state index contributed by atoms with van der Waals surface area (Å²) in [6.45, 7) is 3.91. The number of carbonyl (C=O) groups excluding carboxylic acids is 4. The normalized spacial score (nSPS) is 24.8. The fourth-order valence-corrected chi connectivity index (χ4v) is 8.38. The molecule has 2 aromatic carbocycles. The van der Waals surface area contributed by atoms with Crippen LogP contribution in [0.2, 0.25) is 5.02 Å². The van der Waals surface area contributed by atoms with Crippen LogP contribution < -0.4 is 10.6 Å². The molecule has 0 bridgehead atoms. The lowest BCUT2D eigenvalue weighted by molar-refractivity contribution is -0.133. The van der Waals surface area contributed by atoms with Gasteiger partial charge in [-0.1, -0.05) is 29.8 Å². The van der Waals surface area contributed by atoms with E-state index in [9.17, 15) is 19.2 Å². The average molecular weight is 683 g/mol. The number of nitrogens with one attached hydrogen (secondary N) is 2. The summed E-state index contributed by atoms with van der Waals surface area (Å²) >= 11 is 7.98. The topological polar surface area (TPSA) is 108 Å². The Morgan fingerprint density at radius 2 is 1.89 bits per heavy atom. The van der Waals surface area contributed by atoms with E-state index in [4.69, 9.17) is 16.3 Å². The van der Waals surface area contributed by atoms with Crippen LogP contribution in [0.15, 0.2) is 41.8 Å². The molecule has 9 nitrogen and oxygen atoms in total. The molecule has 6 rings (SSSR count). The number of anilines is 1. The fourth-order valence-electron chi connectivity index (χ4n) is 7.21. The van der Waals surface area contributed by atoms with Gasteiger partial charge in [0.2, 0.25) is 11.8 Å². The number of benzene rings is 2. The quantitative estimate of drug-likeness (QED) is 0.276. The number of halogens is 2. The number of likely N-dealkylation sites (tertiary alicyclic amines) is 2. The predicted molar refractivity (Wildman–Crippen MR) is 180 cm³/mol. The van der Waals surface area contributed by atoms with Crippen molar-refractivity contribution >= 4 is 62.7 Å². The van der Waals surface area contributed by atoms with Gasteiger partial charge in [-0.25, -0.2) is 4.39 Å². The third-order valence-corrected chi connectivity index (χ3v) is 11.0. The third-order valence-electron chi connectivity index (χ3n) is 9.74. The van der Waals surface area contributed by atoms with Crippen LogP contribution in [0.3, 0.4) is 0 Å². The standard InChI is InChI=1S/C35H40ClFN4O5S/c1-21(43)38-24-10-11-40(16-24)25-14-26(19-46-27-8-6-22(18-42)7-9-27)41(17-25)34(44)13-23-12-30(36)32(15-31(23)37)39-35(45)29-20-47-33-5-3-2-4-28(29)33/h2-5,12,15,18,20,22,24-27H,6-11,13-14,16-17,19H2,1H3,(H,38,43)(H,39,45)/t22?,24-,25-,26-,27?/m0/s1. The second-order valence-electron chi connectivity index (χ2n) is 13.0. The Morgan fingerprint density at radius 1 is 1.11 bits per heavy atom. The lowest BCUT2D eigenvalue weighted by atomic mass is 9.88. The lowest BCUT2D eigenvalue weighted by Crippen LogP contribution is -2.42. The van der Waals surface area contributed by atoms with Crippen molar-refractivity contribution in [2.24, 2.45) is 5.92 Å². The predicted octanol–water partition coefficient (Wildman–Crippen LogP) is 5.44. The summed E-state index contributed by atoms with van der Waals surface area (Å²) in [6, 6.07) is 10.1. The molecule has 2 N–H and O–H groups in total. The smallest absolute Gasteiger partial charge is 0.257 e. The van der Waals surface area contributed by atoms with E-state index < -0.39 is 5.82 Å². The monoisotopic (exact) mass is 682 g/mol. The maximum absolute atomic E-state index is 15.5. The highest BCUT2D eigenvalue weighted by Gasteiger charge is 2.41. The van der Waals surface area contributed by atoms with E-state index in [1.807, 2.05) is 24.3 Å². The van der Waals surface area contributed by atoms with Crippen molar-refractivity contribution in [2.75, 3.05) is 31.6 Å². The number of aldehydes is 1. The first-order chi connectivity index (χ1) is 22.7. The van der Waals surface area contributed by atoms with Gasteiger partial charge in [0.25, 0.3) is 5.91 Å². The van der Waals surface area contributed by atoms with Crippen LogP contribution in [-0.2, 0) is 25.5 Å². The number of ether oxygens (including phenoxy) is 1. The number of hydrogen-bond acceptors (Lipinski definition) is 7. The number of carbonyl (C=O) groups is 4. The Morgan fingerprint density at radius 3 is 2.66 bits per heavy atom. The molecule has 3 atom stereocenters. The van der Waals surface area contributed by atoms with Gasteiger partial charge >= 0.3 is 0 Å². The summed E-state index contributed by atoms with van der Waals surface area (Å²) in [5.41, 5.74) is 0.776. The fraction of sp³-hybridized carbons (Fsp3) is 0.486. The van der Waals surface area contributed by atoms with E-state index in [0.29, 0.717) is 31.7 Å². The highest BCUT2D eigenvalue weighted by molar-refractivity contribution is 7.17. The molecule has 47 heavy (non-hydrogen) atoms. The molecule has 12 heteroatoms. The minimum absolute atomic E-state index is 0.0456. The van der Waals surface area contributed by atoms with E-state index in [-0.39, 0.29) is 70.6 Å². The molecule has 3 amide bonds. The number of hydrogen-bond donors (Lipinski definition) is 2. The Kier molecular flexibility index (Phi) is 10.6. The van der Waals surface area contributed by atoms with Crippen LogP contribution in [0.25, 0.3) is 10.1 Å². The van der Waals surface area contributed by atoms with Gasteiger partial charge in [0.05, 0.1) is 41.4 Å². The molecule has 3 heterocycles. The molecule has 3 aliphatic rings. The van der Waals surface area contributed by atoms with Crippen molar-refractivity contribution < 1.29 is 28.3 Å². The summed E-state index contributed by atoms with van der Waals surface area (Å²) in [6.07, 6.45) is 5.70. The summed E-state index contributed by atoms with van der Waals surface area (Å²) in [5.74, 6) is -1.20. The SMILES string of the molecule is CC(=O)N[C@H]1CCN([C@H]2C[C@@H](COC3CCC(C=O)CC3)N(C(=O)Cc3cc(Cl)c(NC(=O)c4csc5ccccc45)cc3F)C2)C1. The molecule has 1 aromatic heterocycles. The van der Waals surface area contributed by atoms with Gasteiger partial charge in [0.15, 0.2) is 0 Å². The van der Waals surface area contributed by atoms with E-state index in [1.165, 1.54) is 30.4 Å². The van der Waals surface area contributed by atoms with Crippen LogP contribution in [0.5, 0.6) is 0 Å². The average Bonchev–Trinajstić information content (AvgIpc) is 3.81. The van der Waals surface area contributed by atoms with Gasteiger partial charge in [-0.3, -0.25) is 19.3 Å². The molecule has 1 aliphatic carbocycles. The van der Waals surface area contributed by atoms with Crippen LogP contribution in [0.1, 0.15) is 61.4 Å². The second kappa shape index (κ2) is 14.8. The Labute approximate surface area is 282 Å². The molecule has 0 spiro atoms. The Balaban J connectivity index is 1.13. The van der Waals surface area contributed by atoms with Crippen LogP contribution in [-0.4, -0.2) is 84.3 Å². The molecule has 0 unspecified atom stereocenters. The second-order valence-corrected chi connectivity index (χ2v) is 14.3. The minimum Gasteiger partial charge on any atom is -0.376 e. The molecular formula is C35H40ClFN4O5S. The Hall–Kier alpha value is -3.38. The number of nitrogens with zero attached hydrogens (tertiary/aromatic N) is 2. The van der Waals surface area contributed by atoms with Crippen molar-refractivity contribution in [2.45, 2.75) is 76.1 Å². The molecule has 3 aromatic rings. The first kappa shape index (κ1) is 33.5. The lowest BCUT2D eigenvalue weighted by Gasteiger charge is -2.29. The van der Waals surface area contributed by atoms with Gasteiger partial charge < -0.3 is 25.1 Å². The summed E-state index contributed by atoms with van der Waals surface area (Å²) in [4.78, 5) is 53.8. The highest BCUT2D eigenvalue weighted by Crippen LogP contribution is 2.32. The number of fused-ring (bicyclic) bond motifs is 1. The molecule has 2 saturated heterocycles. The number of rotatable bonds is 10. The van der Waals surface area contributed by atoms with Gasteiger partial charge in [-0.05, 0) is 62.3 Å².